The second-order valence-electron chi connectivity index (χ2n) is 6.30. The van der Waals surface area contributed by atoms with E-state index in [2.05, 4.69) is 35.1 Å². The van der Waals surface area contributed by atoms with Crippen molar-refractivity contribution in [1.29, 1.82) is 0 Å². The zero-order valence-corrected chi connectivity index (χ0v) is 14.1. The molecule has 3 rings (SSSR count). The molecular weight excluding hydrogens is 304 g/mol. The molecule has 1 aliphatic heterocycles. The van der Waals surface area contributed by atoms with Gasteiger partial charge in [-0.1, -0.05) is 18.9 Å². The normalized spacial score (nSPS) is 29.3. The zero-order chi connectivity index (χ0) is 13.9. The minimum atomic E-state index is 0. The summed E-state index contributed by atoms with van der Waals surface area (Å²) >= 11 is 1.76. The van der Waals surface area contributed by atoms with Crippen LogP contribution in [0, 0.1) is 5.92 Å². The lowest BCUT2D eigenvalue weighted by Gasteiger charge is -2.24. The molecule has 0 bridgehead atoms. The van der Waals surface area contributed by atoms with Crippen molar-refractivity contribution in [2.75, 3.05) is 0 Å². The van der Waals surface area contributed by atoms with Gasteiger partial charge in [0.05, 0.1) is 6.04 Å². The van der Waals surface area contributed by atoms with Crippen molar-refractivity contribution in [2.24, 2.45) is 5.92 Å². The van der Waals surface area contributed by atoms with E-state index in [1.807, 2.05) is 0 Å². The first-order valence-corrected chi connectivity index (χ1v) is 8.69. The molecule has 3 nitrogen and oxygen atoms in total. The molecule has 4 unspecified atom stereocenters. The van der Waals surface area contributed by atoms with Gasteiger partial charge in [0.1, 0.15) is 0 Å². The third kappa shape index (κ3) is 4.21. The highest BCUT2D eigenvalue weighted by atomic mass is 35.5. The summed E-state index contributed by atoms with van der Waals surface area (Å²) in [7, 11) is 0. The van der Waals surface area contributed by atoms with Gasteiger partial charge in [-0.3, -0.25) is 4.79 Å². The van der Waals surface area contributed by atoms with Gasteiger partial charge in [0.2, 0.25) is 5.91 Å². The van der Waals surface area contributed by atoms with Gasteiger partial charge in [0, 0.05) is 23.4 Å². The average molecular weight is 329 g/mol. The Balaban J connectivity index is 0.00000161. The molecule has 2 aliphatic rings. The average Bonchev–Trinajstić information content (AvgIpc) is 3.06. The van der Waals surface area contributed by atoms with Crippen LogP contribution in [0.15, 0.2) is 17.5 Å². The van der Waals surface area contributed by atoms with Crippen LogP contribution in [0.5, 0.6) is 0 Å². The molecule has 1 aliphatic carbocycles. The van der Waals surface area contributed by atoms with Crippen molar-refractivity contribution in [2.45, 2.75) is 63.6 Å². The number of halogens is 1. The van der Waals surface area contributed by atoms with Crippen molar-refractivity contribution in [1.82, 2.24) is 10.6 Å². The van der Waals surface area contributed by atoms with Crippen LogP contribution in [0.2, 0.25) is 0 Å². The van der Waals surface area contributed by atoms with Crippen LogP contribution in [0.3, 0.4) is 0 Å². The minimum Gasteiger partial charge on any atom is -0.352 e. The third-order valence-corrected chi connectivity index (χ3v) is 5.55. The van der Waals surface area contributed by atoms with Crippen molar-refractivity contribution in [3.05, 3.63) is 22.4 Å². The molecule has 2 fully saturated rings. The molecule has 0 radical (unpaired) electrons. The summed E-state index contributed by atoms with van der Waals surface area (Å²) < 4.78 is 0. The maximum absolute atomic E-state index is 12.4. The van der Waals surface area contributed by atoms with E-state index in [-0.39, 0.29) is 30.4 Å². The van der Waals surface area contributed by atoms with Gasteiger partial charge < -0.3 is 10.6 Å². The number of amides is 1. The fourth-order valence-electron chi connectivity index (χ4n) is 3.65. The van der Waals surface area contributed by atoms with Crippen LogP contribution in [0.4, 0.5) is 0 Å². The number of nitrogens with one attached hydrogen (secondary N) is 2. The Hall–Kier alpha value is -0.580. The van der Waals surface area contributed by atoms with Gasteiger partial charge in [-0.25, -0.2) is 0 Å². The van der Waals surface area contributed by atoms with Gasteiger partial charge >= 0.3 is 0 Å². The van der Waals surface area contributed by atoms with E-state index in [4.69, 9.17) is 0 Å². The highest BCUT2D eigenvalue weighted by molar-refractivity contribution is 7.09. The van der Waals surface area contributed by atoms with E-state index in [0.717, 1.165) is 18.8 Å². The van der Waals surface area contributed by atoms with Crippen molar-refractivity contribution in [3.8, 4) is 0 Å². The Kier molecular flexibility index (Phi) is 6.08. The molecule has 0 aromatic carbocycles. The molecule has 118 valence electrons. The predicted octanol–water partition coefficient (Wildman–Crippen LogP) is 3.14. The molecule has 5 heteroatoms. The van der Waals surface area contributed by atoms with E-state index < -0.39 is 0 Å². The second kappa shape index (κ2) is 7.61. The summed E-state index contributed by atoms with van der Waals surface area (Å²) in [6.45, 7) is 2.10. The lowest BCUT2D eigenvalue weighted by molar-refractivity contribution is -0.123. The largest absolute Gasteiger partial charge is 0.352 e. The first-order valence-electron chi connectivity index (χ1n) is 7.81. The first kappa shape index (κ1) is 16.8. The summed E-state index contributed by atoms with van der Waals surface area (Å²) in [4.78, 5) is 13.7. The minimum absolute atomic E-state index is 0. The maximum atomic E-state index is 12.4. The molecule has 1 amide bonds. The molecule has 1 saturated heterocycles. The van der Waals surface area contributed by atoms with E-state index >= 15 is 0 Å². The number of carbonyl (C=O) groups is 1. The van der Waals surface area contributed by atoms with Crippen molar-refractivity contribution >= 4 is 29.7 Å². The van der Waals surface area contributed by atoms with E-state index in [1.165, 1.54) is 30.6 Å². The van der Waals surface area contributed by atoms with Crippen LogP contribution < -0.4 is 10.6 Å². The Morgan fingerprint density at radius 2 is 2.29 bits per heavy atom. The fourth-order valence-corrected chi connectivity index (χ4v) is 4.48. The van der Waals surface area contributed by atoms with Gasteiger partial charge in [-0.05, 0) is 43.6 Å². The second-order valence-corrected chi connectivity index (χ2v) is 7.33. The topological polar surface area (TPSA) is 41.1 Å². The summed E-state index contributed by atoms with van der Waals surface area (Å²) in [6.07, 6.45) is 7.17. The molecule has 2 N–H and O–H groups in total. The summed E-state index contributed by atoms with van der Waals surface area (Å²) in [5.41, 5.74) is 0. The van der Waals surface area contributed by atoms with Crippen LogP contribution in [0.1, 0.15) is 43.9 Å². The van der Waals surface area contributed by atoms with E-state index in [0.29, 0.717) is 6.04 Å². The number of hydrogen-bond acceptors (Lipinski definition) is 3. The Bertz CT molecular complexity index is 437. The number of thiophene rings is 1. The Morgan fingerprint density at radius 1 is 1.48 bits per heavy atom. The highest BCUT2D eigenvalue weighted by Gasteiger charge is 2.38. The lowest BCUT2D eigenvalue weighted by atomic mass is 9.85. The van der Waals surface area contributed by atoms with Gasteiger partial charge in [-0.15, -0.1) is 23.7 Å². The standard InChI is InChI=1S/C16H24N2OS.ClH/c1-11(9-13-6-4-8-20-13)17-16(19)15-10-12-5-2-3-7-14(12)18-15;/h4,6,8,11-12,14-15,18H,2-3,5,7,9-10H2,1H3,(H,17,19);1H. The smallest absolute Gasteiger partial charge is 0.237 e. The number of carbonyl (C=O) groups excluding carboxylic acids is 1. The quantitative estimate of drug-likeness (QED) is 0.891. The zero-order valence-electron chi connectivity index (χ0n) is 12.5. The molecule has 2 heterocycles. The van der Waals surface area contributed by atoms with Gasteiger partial charge in [-0.2, -0.15) is 0 Å². The van der Waals surface area contributed by atoms with Crippen molar-refractivity contribution in [3.63, 3.8) is 0 Å². The summed E-state index contributed by atoms with van der Waals surface area (Å²) in [5.74, 6) is 0.926. The SMILES string of the molecule is CC(Cc1cccs1)NC(=O)C1CC2CCCCC2N1.Cl. The van der Waals surface area contributed by atoms with E-state index in [9.17, 15) is 4.79 Å². The predicted molar refractivity (Wildman–Crippen MR) is 90.2 cm³/mol. The van der Waals surface area contributed by atoms with Crippen LogP contribution in [0.25, 0.3) is 0 Å². The van der Waals surface area contributed by atoms with Crippen LogP contribution in [-0.4, -0.2) is 24.0 Å². The monoisotopic (exact) mass is 328 g/mol. The third-order valence-electron chi connectivity index (χ3n) is 4.66. The summed E-state index contributed by atoms with van der Waals surface area (Å²) in [5, 5.41) is 8.81. The highest BCUT2D eigenvalue weighted by Crippen LogP contribution is 2.33. The maximum Gasteiger partial charge on any atom is 0.237 e. The Labute approximate surface area is 137 Å². The van der Waals surface area contributed by atoms with Gasteiger partial charge in [0.15, 0.2) is 0 Å². The molecule has 0 spiro atoms. The molecule has 1 aromatic heterocycles. The molecule has 4 atom stereocenters. The molecule has 21 heavy (non-hydrogen) atoms. The van der Waals surface area contributed by atoms with Crippen molar-refractivity contribution < 1.29 is 4.79 Å². The molecule has 1 saturated carbocycles. The van der Waals surface area contributed by atoms with Gasteiger partial charge in [0.25, 0.3) is 0 Å². The van der Waals surface area contributed by atoms with Crippen LogP contribution in [-0.2, 0) is 11.2 Å². The van der Waals surface area contributed by atoms with E-state index in [1.54, 1.807) is 11.3 Å². The Morgan fingerprint density at radius 3 is 3.00 bits per heavy atom. The first-order chi connectivity index (χ1) is 9.72. The lowest BCUT2D eigenvalue weighted by Crippen LogP contribution is -2.46. The molecular formula is C16H25ClN2OS. The fraction of sp³-hybridized carbons (Fsp3) is 0.688. The summed E-state index contributed by atoms with van der Waals surface area (Å²) in [6, 6.07) is 5.04. The molecule has 1 aromatic rings. The number of rotatable bonds is 4. The van der Waals surface area contributed by atoms with Crippen LogP contribution >= 0.6 is 23.7 Å². The number of hydrogen-bond donors (Lipinski definition) is 2. The number of fused-ring (bicyclic) bond motifs is 1.